The van der Waals surface area contributed by atoms with Gasteiger partial charge < -0.3 is 14.8 Å². The average molecular weight is 444 g/mol. The van der Waals surface area contributed by atoms with Crippen molar-refractivity contribution in [2.45, 2.75) is 25.5 Å². The Balaban J connectivity index is 1.21. The summed E-state index contributed by atoms with van der Waals surface area (Å²) >= 11 is 1.22. The third kappa shape index (κ3) is 4.63. The van der Waals surface area contributed by atoms with E-state index in [1.165, 1.54) is 23.1 Å². The van der Waals surface area contributed by atoms with E-state index in [2.05, 4.69) is 27.4 Å². The average Bonchev–Trinajstić information content (AvgIpc) is 3.32. The Kier molecular flexibility index (Phi) is 5.81. The molecule has 7 heteroatoms. The maximum atomic E-state index is 12.4. The zero-order valence-electron chi connectivity index (χ0n) is 17.2. The van der Waals surface area contributed by atoms with Crippen LogP contribution in [-0.4, -0.2) is 15.9 Å². The van der Waals surface area contributed by atoms with Gasteiger partial charge in [0.15, 0.2) is 0 Å². The Morgan fingerprint density at radius 1 is 1.12 bits per heavy atom. The van der Waals surface area contributed by atoms with Crippen molar-refractivity contribution < 1.29 is 14.3 Å². The minimum absolute atomic E-state index is 0.0719. The van der Waals surface area contributed by atoms with Gasteiger partial charge in [-0.25, -0.2) is 4.98 Å². The van der Waals surface area contributed by atoms with Gasteiger partial charge in [0.25, 0.3) is 11.1 Å². The van der Waals surface area contributed by atoms with E-state index in [-0.39, 0.29) is 12.0 Å². The lowest BCUT2D eigenvalue weighted by molar-refractivity contribution is 0.0954. The number of pyridine rings is 1. The Morgan fingerprint density at radius 3 is 2.81 bits per heavy atom. The SMILES string of the molecule is O=C(NCc1ccncc1)c1cnc(Oc2ccc3c(c2)CC[C@@H](c2ccccc2)O3)s1. The monoisotopic (exact) mass is 443 g/mol. The molecule has 160 valence electrons. The lowest BCUT2D eigenvalue weighted by atomic mass is 9.97. The van der Waals surface area contributed by atoms with Gasteiger partial charge in [-0.1, -0.05) is 41.7 Å². The molecule has 0 aliphatic carbocycles. The standard InChI is InChI=1S/C25H21N3O3S/c29-24(27-15-17-10-12-26-13-11-17)23-16-28-25(32-23)30-20-7-9-22-19(14-20)6-8-21(31-22)18-4-2-1-3-5-18/h1-5,7,9-14,16,21H,6,8,15H2,(H,27,29)/t21-/m0/s1. The minimum Gasteiger partial charge on any atom is -0.485 e. The molecule has 0 saturated carbocycles. The van der Waals surface area contributed by atoms with Crippen molar-refractivity contribution in [3.63, 3.8) is 0 Å². The van der Waals surface area contributed by atoms with Crippen LogP contribution >= 0.6 is 11.3 Å². The van der Waals surface area contributed by atoms with Crippen LogP contribution in [0.3, 0.4) is 0 Å². The molecule has 6 nitrogen and oxygen atoms in total. The molecule has 1 aliphatic heterocycles. The summed E-state index contributed by atoms with van der Waals surface area (Å²) in [6, 6.07) is 19.8. The van der Waals surface area contributed by atoms with Gasteiger partial charge in [0, 0.05) is 18.9 Å². The predicted molar refractivity (Wildman–Crippen MR) is 122 cm³/mol. The number of nitrogens with zero attached hydrogens (tertiary/aromatic N) is 2. The van der Waals surface area contributed by atoms with Crippen molar-refractivity contribution in [1.82, 2.24) is 15.3 Å². The maximum absolute atomic E-state index is 12.4. The first kappa shape index (κ1) is 20.2. The van der Waals surface area contributed by atoms with E-state index in [9.17, 15) is 4.79 Å². The molecule has 2 aromatic carbocycles. The molecule has 3 heterocycles. The van der Waals surface area contributed by atoms with Crippen LogP contribution in [0, 0.1) is 0 Å². The summed E-state index contributed by atoms with van der Waals surface area (Å²) < 4.78 is 12.1. The minimum atomic E-state index is -0.181. The van der Waals surface area contributed by atoms with Crippen LogP contribution in [0.15, 0.2) is 79.3 Å². The molecule has 0 unspecified atom stereocenters. The number of nitrogens with one attached hydrogen (secondary N) is 1. The summed E-state index contributed by atoms with van der Waals surface area (Å²) in [5.74, 6) is 1.39. The van der Waals surface area contributed by atoms with Crippen LogP contribution in [0.4, 0.5) is 0 Å². The summed E-state index contributed by atoms with van der Waals surface area (Å²) in [4.78, 5) is 21.1. The Labute approximate surface area is 189 Å². The Bertz CT molecular complexity index is 1210. The summed E-state index contributed by atoms with van der Waals surface area (Å²) in [5, 5.41) is 3.31. The first-order valence-corrected chi connectivity index (χ1v) is 11.2. The van der Waals surface area contributed by atoms with E-state index >= 15 is 0 Å². The fourth-order valence-electron chi connectivity index (χ4n) is 3.61. The molecule has 5 rings (SSSR count). The van der Waals surface area contributed by atoms with Crippen molar-refractivity contribution in [3.05, 3.63) is 101 Å². The molecular weight excluding hydrogens is 422 g/mol. The number of aromatic nitrogens is 2. The lowest BCUT2D eigenvalue weighted by Gasteiger charge is -2.26. The first-order chi connectivity index (χ1) is 15.7. The number of aryl methyl sites for hydroxylation is 1. The second kappa shape index (κ2) is 9.20. The van der Waals surface area contributed by atoms with Crippen molar-refractivity contribution >= 4 is 17.2 Å². The van der Waals surface area contributed by atoms with E-state index in [1.807, 2.05) is 48.5 Å². The van der Waals surface area contributed by atoms with Gasteiger partial charge in [-0.3, -0.25) is 9.78 Å². The number of thiazole rings is 1. The zero-order chi connectivity index (χ0) is 21.8. The molecule has 32 heavy (non-hydrogen) atoms. The number of benzene rings is 2. The van der Waals surface area contributed by atoms with E-state index in [0.717, 1.165) is 29.7 Å². The van der Waals surface area contributed by atoms with Crippen LogP contribution in [0.25, 0.3) is 0 Å². The third-order valence-electron chi connectivity index (χ3n) is 5.26. The molecule has 1 N–H and O–H groups in total. The molecule has 0 saturated heterocycles. The number of carbonyl (C=O) groups is 1. The van der Waals surface area contributed by atoms with E-state index < -0.39 is 0 Å². The van der Waals surface area contributed by atoms with E-state index in [0.29, 0.717) is 22.4 Å². The number of fused-ring (bicyclic) bond motifs is 1. The van der Waals surface area contributed by atoms with Gasteiger partial charge >= 0.3 is 0 Å². The van der Waals surface area contributed by atoms with Crippen LogP contribution in [0.1, 0.15) is 38.9 Å². The lowest BCUT2D eigenvalue weighted by Crippen LogP contribution is -2.21. The smallest absolute Gasteiger partial charge is 0.279 e. The fraction of sp³-hybridized carbons (Fsp3) is 0.160. The molecule has 0 bridgehead atoms. The molecule has 4 aromatic rings. The van der Waals surface area contributed by atoms with E-state index in [4.69, 9.17) is 9.47 Å². The molecule has 0 radical (unpaired) electrons. The molecule has 2 aromatic heterocycles. The molecule has 0 spiro atoms. The summed E-state index contributed by atoms with van der Waals surface area (Å²) in [7, 11) is 0. The van der Waals surface area contributed by atoms with Crippen molar-refractivity contribution in [3.8, 4) is 16.7 Å². The molecular formula is C25H21N3O3S. The highest BCUT2D eigenvalue weighted by Crippen LogP contribution is 2.38. The molecule has 1 amide bonds. The number of carbonyl (C=O) groups excluding carboxylic acids is 1. The van der Waals surface area contributed by atoms with Crippen molar-refractivity contribution in [2.24, 2.45) is 0 Å². The Morgan fingerprint density at radius 2 is 1.97 bits per heavy atom. The molecule has 1 atom stereocenters. The summed E-state index contributed by atoms with van der Waals surface area (Å²) in [6.45, 7) is 0.435. The van der Waals surface area contributed by atoms with Gasteiger partial charge in [-0.2, -0.15) is 0 Å². The predicted octanol–water partition coefficient (Wildman–Crippen LogP) is 5.33. The normalized spacial score (nSPS) is 14.8. The highest BCUT2D eigenvalue weighted by Gasteiger charge is 2.22. The van der Waals surface area contributed by atoms with Gasteiger partial charge in [0.2, 0.25) is 0 Å². The van der Waals surface area contributed by atoms with Gasteiger partial charge in [0.05, 0.1) is 6.20 Å². The largest absolute Gasteiger partial charge is 0.485 e. The number of hydrogen-bond donors (Lipinski definition) is 1. The summed E-state index contributed by atoms with van der Waals surface area (Å²) in [5.41, 5.74) is 3.29. The third-order valence-corrected chi connectivity index (χ3v) is 6.14. The maximum Gasteiger partial charge on any atom is 0.279 e. The highest BCUT2D eigenvalue weighted by molar-refractivity contribution is 7.15. The van der Waals surface area contributed by atoms with Gasteiger partial charge in [-0.05, 0) is 59.9 Å². The highest BCUT2D eigenvalue weighted by atomic mass is 32.1. The van der Waals surface area contributed by atoms with Gasteiger partial charge in [0.1, 0.15) is 22.5 Å². The second-order valence-electron chi connectivity index (χ2n) is 7.46. The molecule has 0 fully saturated rings. The number of ether oxygens (including phenoxy) is 2. The van der Waals surface area contributed by atoms with Crippen LogP contribution < -0.4 is 14.8 Å². The summed E-state index contributed by atoms with van der Waals surface area (Å²) in [6.07, 6.45) is 6.83. The van der Waals surface area contributed by atoms with Gasteiger partial charge in [-0.15, -0.1) is 0 Å². The van der Waals surface area contributed by atoms with Crippen LogP contribution in [0.2, 0.25) is 0 Å². The van der Waals surface area contributed by atoms with Crippen LogP contribution in [0.5, 0.6) is 16.7 Å². The van der Waals surface area contributed by atoms with Crippen molar-refractivity contribution in [1.29, 1.82) is 0 Å². The second-order valence-corrected chi connectivity index (χ2v) is 8.45. The number of rotatable bonds is 6. The Hall–Kier alpha value is -3.71. The fourth-order valence-corrected chi connectivity index (χ4v) is 4.31. The number of hydrogen-bond acceptors (Lipinski definition) is 6. The topological polar surface area (TPSA) is 73.3 Å². The van der Waals surface area contributed by atoms with Crippen molar-refractivity contribution in [2.75, 3.05) is 0 Å². The quantitative estimate of drug-likeness (QED) is 0.436. The first-order valence-electron chi connectivity index (χ1n) is 10.4. The number of amides is 1. The molecule has 1 aliphatic rings. The van der Waals surface area contributed by atoms with Crippen LogP contribution in [-0.2, 0) is 13.0 Å². The van der Waals surface area contributed by atoms with E-state index in [1.54, 1.807) is 12.4 Å². The zero-order valence-corrected chi connectivity index (χ0v) is 18.0.